The fourth-order valence-corrected chi connectivity index (χ4v) is 1.58. The van der Waals surface area contributed by atoms with Crippen LogP contribution in [0.4, 0.5) is 0 Å². The van der Waals surface area contributed by atoms with E-state index in [2.05, 4.69) is 43.1 Å². The zero-order valence-corrected chi connectivity index (χ0v) is 11.0. The van der Waals surface area contributed by atoms with E-state index in [0.717, 1.165) is 11.4 Å². The highest BCUT2D eigenvalue weighted by Gasteiger charge is 2.04. The summed E-state index contributed by atoms with van der Waals surface area (Å²) in [5.74, 6) is 0. The van der Waals surface area contributed by atoms with Gasteiger partial charge in [0.2, 0.25) is 0 Å². The Labute approximate surface area is 98.1 Å². The Morgan fingerprint density at radius 3 is 1.94 bits per heavy atom. The molecule has 2 heteroatoms. The lowest BCUT2D eigenvalue weighted by molar-refractivity contribution is 1.20. The topological polar surface area (TPSA) is 24.7 Å². The van der Waals surface area contributed by atoms with Crippen molar-refractivity contribution in [3.05, 3.63) is 34.4 Å². The second kappa shape index (κ2) is 5.06. The second-order valence-corrected chi connectivity index (χ2v) is 4.48. The Hall–Kier alpha value is -1.44. The zero-order valence-electron chi connectivity index (χ0n) is 11.0. The Morgan fingerprint density at radius 2 is 1.38 bits per heavy atom. The van der Waals surface area contributed by atoms with Gasteiger partial charge in [-0.2, -0.15) is 10.2 Å². The average Bonchev–Trinajstić information content (AvgIpc) is 2.20. The van der Waals surface area contributed by atoms with Crippen molar-refractivity contribution < 1.29 is 0 Å². The van der Waals surface area contributed by atoms with E-state index in [1.54, 1.807) is 0 Å². The van der Waals surface area contributed by atoms with Crippen molar-refractivity contribution in [1.29, 1.82) is 0 Å². The highest BCUT2D eigenvalue weighted by atomic mass is 15.2. The average molecular weight is 216 g/mol. The minimum atomic E-state index is 0.973. The molecule has 0 amide bonds. The number of hydrogen-bond acceptors (Lipinski definition) is 2. The maximum absolute atomic E-state index is 4.23. The Kier molecular flexibility index (Phi) is 3.99. The summed E-state index contributed by atoms with van der Waals surface area (Å²) in [6.07, 6.45) is 0. The molecular formula is C14H20N2. The third-order valence-electron chi connectivity index (χ3n) is 2.63. The predicted octanol–water partition coefficient (Wildman–Crippen LogP) is 3.82. The van der Waals surface area contributed by atoms with E-state index in [-0.39, 0.29) is 0 Å². The van der Waals surface area contributed by atoms with Crippen LogP contribution in [0, 0.1) is 20.8 Å². The van der Waals surface area contributed by atoms with Crippen LogP contribution < -0.4 is 0 Å². The Bertz CT molecular complexity index is 450. The first kappa shape index (κ1) is 12.6. The highest BCUT2D eigenvalue weighted by Crippen LogP contribution is 2.16. The molecule has 86 valence electrons. The molecule has 0 aliphatic rings. The van der Waals surface area contributed by atoms with E-state index in [1.165, 1.54) is 22.3 Å². The molecule has 1 aromatic rings. The Morgan fingerprint density at radius 1 is 0.812 bits per heavy atom. The molecule has 16 heavy (non-hydrogen) atoms. The van der Waals surface area contributed by atoms with Gasteiger partial charge in [0.15, 0.2) is 0 Å². The van der Waals surface area contributed by atoms with Gasteiger partial charge in [0.1, 0.15) is 0 Å². The van der Waals surface area contributed by atoms with Crippen molar-refractivity contribution >= 4 is 11.4 Å². The number of nitrogens with zero attached hydrogens (tertiary/aromatic N) is 2. The van der Waals surface area contributed by atoms with Gasteiger partial charge < -0.3 is 0 Å². The van der Waals surface area contributed by atoms with Crippen molar-refractivity contribution in [3.8, 4) is 0 Å². The summed E-state index contributed by atoms with van der Waals surface area (Å²) < 4.78 is 0. The molecule has 0 N–H and O–H groups in total. The molecule has 1 aromatic carbocycles. The minimum absolute atomic E-state index is 0.973. The van der Waals surface area contributed by atoms with E-state index >= 15 is 0 Å². The van der Waals surface area contributed by atoms with Crippen molar-refractivity contribution in [2.75, 3.05) is 0 Å². The molecule has 1 rings (SSSR count). The number of aryl methyl sites for hydroxylation is 3. The molecule has 0 saturated carbocycles. The molecule has 2 nitrogen and oxygen atoms in total. The van der Waals surface area contributed by atoms with E-state index in [1.807, 2.05) is 20.8 Å². The summed E-state index contributed by atoms with van der Waals surface area (Å²) in [6.45, 7) is 12.3. The van der Waals surface area contributed by atoms with Gasteiger partial charge in [0.25, 0.3) is 0 Å². The summed E-state index contributed by atoms with van der Waals surface area (Å²) in [5, 5.41) is 8.33. The quantitative estimate of drug-likeness (QED) is 0.530. The molecule has 0 spiro atoms. The maximum atomic E-state index is 4.23. The van der Waals surface area contributed by atoms with Crippen molar-refractivity contribution in [2.45, 2.75) is 41.5 Å². The summed E-state index contributed by atoms with van der Waals surface area (Å²) in [4.78, 5) is 0. The molecule has 0 bridgehead atoms. The number of hydrogen-bond donors (Lipinski definition) is 0. The first-order valence-corrected chi connectivity index (χ1v) is 5.55. The van der Waals surface area contributed by atoms with E-state index in [4.69, 9.17) is 0 Å². The fraction of sp³-hybridized carbons (Fsp3) is 0.429. The van der Waals surface area contributed by atoms with Crippen molar-refractivity contribution in [3.63, 3.8) is 0 Å². The summed E-state index contributed by atoms with van der Waals surface area (Å²) >= 11 is 0. The summed E-state index contributed by atoms with van der Waals surface area (Å²) in [7, 11) is 0. The van der Waals surface area contributed by atoms with E-state index < -0.39 is 0 Å². The second-order valence-electron chi connectivity index (χ2n) is 4.48. The van der Waals surface area contributed by atoms with Gasteiger partial charge in [-0.05, 0) is 64.3 Å². The molecule has 0 aliphatic heterocycles. The lowest BCUT2D eigenvalue weighted by Gasteiger charge is -2.08. The van der Waals surface area contributed by atoms with Crippen LogP contribution in [0.25, 0.3) is 0 Å². The molecule has 0 fully saturated rings. The van der Waals surface area contributed by atoms with Crippen LogP contribution in [0.2, 0.25) is 0 Å². The van der Waals surface area contributed by atoms with Crippen LogP contribution in [-0.2, 0) is 0 Å². The first-order valence-electron chi connectivity index (χ1n) is 5.55. The van der Waals surface area contributed by atoms with Gasteiger partial charge in [-0.3, -0.25) is 0 Å². The fourth-order valence-electron chi connectivity index (χ4n) is 1.58. The van der Waals surface area contributed by atoms with Crippen LogP contribution in [0.3, 0.4) is 0 Å². The van der Waals surface area contributed by atoms with Crippen molar-refractivity contribution in [2.24, 2.45) is 10.2 Å². The summed E-state index contributed by atoms with van der Waals surface area (Å²) in [6, 6.07) is 4.39. The molecule has 0 atom stereocenters. The normalized spacial score (nSPS) is 11.5. The highest BCUT2D eigenvalue weighted by molar-refractivity contribution is 6.00. The molecule has 0 heterocycles. The molecule has 0 aliphatic carbocycles. The minimum Gasteiger partial charge on any atom is -0.160 e. The third kappa shape index (κ3) is 3.02. The SMILES string of the molecule is CC(C)=N/N=C(\C)c1cc(C)c(C)cc1C. The van der Waals surface area contributed by atoms with Crippen molar-refractivity contribution in [1.82, 2.24) is 0 Å². The maximum Gasteiger partial charge on any atom is 0.0674 e. The van der Waals surface area contributed by atoms with Crippen LogP contribution >= 0.6 is 0 Å². The Balaban J connectivity index is 3.19. The van der Waals surface area contributed by atoms with Gasteiger partial charge >= 0.3 is 0 Å². The summed E-state index contributed by atoms with van der Waals surface area (Å²) in [5.41, 5.74) is 7.01. The van der Waals surface area contributed by atoms with E-state index in [9.17, 15) is 0 Å². The van der Waals surface area contributed by atoms with Crippen LogP contribution in [0.5, 0.6) is 0 Å². The molecule has 0 aromatic heterocycles. The molecule has 0 unspecified atom stereocenters. The smallest absolute Gasteiger partial charge is 0.0674 e. The largest absolute Gasteiger partial charge is 0.160 e. The van der Waals surface area contributed by atoms with Gasteiger partial charge in [0, 0.05) is 11.3 Å². The first-order chi connectivity index (χ1) is 7.41. The standard InChI is InChI=1S/C14H20N2/c1-9(2)15-16-13(6)14-8-11(4)10(3)7-12(14)5/h7-8H,1-6H3/b16-13+. The number of benzene rings is 1. The third-order valence-corrected chi connectivity index (χ3v) is 2.63. The van der Waals surface area contributed by atoms with Gasteiger partial charge in [0.05, 0.1) is 5.71 Å². The molecular weight excluding hydrogens is 196 g/mol. The monoisotopic (exact) mass is 216 g/mol. The van der Waals surface area contributed by atoms with Crippen LogP contribution in [-0.4, -0.2) is 11.4 Å². The molecule has 0 saturated heterocycles. The van der Waals surface area contributed by atoms with Gasteiger partial charge in [-0.1, -0.05) is 6.07 Å². The van der Waals surface area contributed by atoms with E-state index in [0.29, 0.717) is 0 Å². The number of rotatable bonds is 2. The van der Waals surface area contributed by atoms with Gasteiger partial charge in [-0.25, -0.2) is 0 Å². The predicted molar refractivity (Wildman–Crippen MR) is 71.6 cm³/mol. The lowest BCUT2D eigenvalue weighted by atomic mass is 9.98. The molecule has 0 radical (unpaired) electrons. The van der Waals surface area contributed by atoms with Crippen LogP contribution in [0.15, 0.2) is 22.3 Å². The lowest BCUT2D eigenvalue weighted by Crippen LogP contribution is -2.00. The van der Waals surface area contributed by atoms with Gasteiger partial charge in [-0.15, -0.1) is 0 Å². The van der Waals surface area contributed by atoms with Crippen LogP contribution in [0.1, 0.15) is 43.0 Å². The zero-order chi connectivity index (χ0) is 12.3.